The summed E-state index contributed by atoms with van der Waals surface area (Å²) in [6.07, 6.45) is 6.73. The third-order valence-electron chi connectivity index (χ3n) is 8.17. The van der Waals surface area contributed by atoms with Gasteiger partial charge in [-0.05, 0) is 98.1 Å². The molecule has 6 atom stereocenters. The Labute approximate surface area is 170 Å². The summed E-state index contributed by atoms with van der Waals surface area (Å²) in [6.45, 7) is 2.26. The van der Waals surface area contributed by atoms with Gasteiger partial charge in [-0.3, -0.25) is 0 Å². The molecule has 1 unspecified atom stereocenters. The minimum atomic E-state index is -5.00. The van der Waals surface area contributed by atoms with Gasteiger partial charge in [0, 0.05) is 0 Å². The number of rotatable bonds is 3. The van der Waals surface area contributed by atoms with Crippen molar-refractivity contribution in [3.63, 3.8) is 0 Å². The molecular formula is C24H31F5. The quantitative estimate of drug-likeness (QED) is 0.438. The fourth-order valence-electron chi connectivity index (χ4n) is 6.96. The normalized spacial score (nSPS) is 35.1. The van der Waals surface area contributed by atoms with Gasteiger partial charge in [-0.2, -0.15) is 13.2 Å². The molecular weight excluding hydrogens is 383 g/mol. The van der Waals surface area contributed by atoms with Crippen LogP contribution < -0.4 is 0 Å². The zero-order chi connectivity index (χ0) is 20.8. The minimum Gasteiger partial charge on any atom is -0.206 e. The highest BCUT2D eigenvalue weighted by Crippen LogP contribution is 2.55. The molecule has 0 amide bonds. The van der Waals surface area contributed by atoms with Crippen molar-refractivity contribution in [2.24, 2.45) is 29.6 Å². The highest BCUT2D eigenvalue weighted by atomic mass is 19.4. The van der Waals surface area contributed by atoms with E-state index in [9.17, 15) is 22.0 Å². The van der Waals surface area contributed by atoms with Crippen molar-refractivity contribution in [3.8, 4) is 0 Å². The summed E-state index contributed by atoms with van der Waals surface area (Å²) < 4.78 is 66.7. The maximum atomic E-state index is 14.1. The predicted octanol–water partition coefficient (Wildman–Crippen LogP) is 8.11. The average molecular weight is 415 g/mol. The molecule has 0 heterocycles. The van der Waals surface area contributed by atoms with Crippen LogP contribution in [0.15, 0.2) is 12.1 Å². The van der Waals surface area contributed by atoms with Crippen molar-refractivity contribution >= 4 is 0 Å². The molecule has 5 heteroatoms. The lowest BCUT2D eigenvalue weighted by atomic mass is 9.55. The molecule has 3 saturated carbocycles. The van der Waals surface area contributed by atoms with E-state index in [1.54, 1.807) is 0 Å². The average Bonchev–Trinajstić information content (AvgIpc) is 2.65. The van der Waals surface area contributed by atoms with Crippen molar-refractivity contribution in [3.05, 3.63) is 34.9 Å². The minimum absolute atomic E-state index is 0.0319. The van der Waals surface area contributed by atoms with Crippen LogP contribution in [0.4, 0.5) is 22.0 Å². The maximum Gasteiger partial charge on any atom is 0.422 e. The molecule has 0 N–H and O–H groups in total. The van der Waals surface area contributed by atoms with Gasteiger partial charge in [0.05, 0.1) is 0 Å². The molecule has 0 nitrogen and oxygen atoms in total. The largest absolute Gasteiger partial charge is 0.422 e. The second-order valence-corrected chi connectivity index (χ2v) is 9.76. The first kappa shape index (κ1) is 21.1. The van der Waals surface area contributed by atoms with E-state index in [1.165, 1.54) is 38.5 Å². The molecule has 1 aromatic rings. The number of halogens is 5. The van der Waals surface area contributed by atoms with Crippen molar-refractivity contribution in [1.82, 2.24) is 0 Å². The number of benzene rings is 1. The summed E-state index contributed by atoms with van der Waals surface area (Å²) in [5, 5.41) is 0. The lowest BCUT2D eigenvalue weighted by Gasteiger charge is -2.51. The van der Waals surface area contributed by atoms with Crippen molar-refractivity contribution in [2.75, 3.05) is 0 Å². The van der Waals surface area contributed by atoms with Gasteiger partial charge in [0.15, 0.2) is 0 Å². The highest BCUT2D eigenvalue weighted by molar-refractivity contribution is 5.31. The first-order chi connectivity index (χ1) is 13.8. The number of hydrogen-bond donors (Lipinski definition) is 0. The van der Waals surface area contributed by atoms with E-state index in [0.717, 1.165) is 55.6 Å². The van der Waals surface area contributed by atoms with Gasteiger partial charge >= 0.3 is 6.18 Å². The van der Waals surface area contributed by atoms with Crippen LogP contribution in [0.3, 0.4) is 0 Å². The van der Waals surface area contributed by atoms with Crippen LogP contribution in [0.5, 0.6) is 0 Å². The van der Waals surface area contributed by atoms with Gasteiger partial charge in [-0.1, -0.05) is 26.2 Å². The number of hydrogen-bond acceptors (Lipinski definition) is 0. The molecule has 0 spiro atoms. The molecule has 4 rings (SSSR count). The van der Waals surface area contributed by atoms with Crippen LogP contribution in [0.25, 0.3) is 0 Å². The van der Waals surface area contributed by atoms with Gasteiger partial charge in [0.2, 0.25) is 0 Å². The molecule has 29 heavy (non-hydrogen) atoms. The van der Waals surface area contributed by atoms with E-state index in [0.29, 0.717) is 17.4 Å². The lowest BCUT2D eigenvalue weighted by Crippen LogP contribution is -2.41. The van der Waals surface area contributed by atoms with Crippen molar-refractivity contribution in [1.29, 1.82) is 0 Å². The van der Waals surface area contributed by atoms with Gasteiger partial charge in [0.1, 0.15) is 17.2 Å². The second-order valence-electron chi connectivity index (χ2n) is 9.76. The Bertz CT molecular complexity index is 701. The fourth-order valence-corrected chi connectivity index (χ4v) is 6.96. The Morgan fingerprint density at radius 1 is 0.828 bits per heavy atom. The van der Waals surface area contributed by atoms with Crippen LogP contribution in [0.1, 0.15) is 88.2 Å². The van der Waals surface area contributed by atoms with Crippen molar-refractivity contribution in [2.45, 2.75) is 83.2 Å². The Kier molecular flexibility index (Phi) is 5.96. The Morgan fingerprint density at radius 2 is 1.41 bits per heavy atom. The Morgan fingerprint density at radius 3 is 2.00 bits per heavy atom. The predicted molar refractivity (Wildman–Crippen MR) is 103 cm³/mol. The first-order valence-electron chi connectivity index (χ1n) is 11.3. The molecule has 3 aliphatic rings. The van der Waals surface area contributed by atoms with Crippen LogP contribution >= 0.6 is 0 Å². The molecule has 0 radical (unpaired) electrons. The molecule has 0 aliphatic heterocycles. The first-order valence-corrected chi connectivity index (χ1v) is 11.3. The standard InChI is InChI=1S/C24H31F5/c1-2-3-14-4-8-19-16(10-14)5-6-17-11-15(7-9-20(17)19)18-12-21(25)23(22(26)13-18)24(27,28)29/h12-17,19-20H,2-11H2,1H3/t14-,15?,16-,17+,19+,20+/m1/s1. The van der Waals surface area contributed by atoms with E-state index in [1.807, 2.05) is 0 Å². The molecule has 162 valence electrons. The van der Waals surface area contributed by atoms with E-state index in [-0.39, 0.29) is 5.92 Å². The summed E-state index contributed by atoms with van der Waals surface area (Å²) in [5.41, 5.74) is -1.36. The SMILES string of the molecule is CCC[C@@H]1CC[C@H]2[C@H](CC[C@H]3CC(c4cc(F)c(C(F)(F)F)c(F)c4)CC[C@@H]32)C1. The Hall–Kier alpha value is -1.13. The summed E-state index contributed by atoms with van der Waals surface area (Å²) in [5.74, 6) is 0.744. The second kappa shape index (κ2) is 8.19. The van der Waals surface area contributed by atoms with Gasteiger partial charge in [0.25, 0.3) is 0 Å². The third kappa shape index (κ3) is 4.20. The summed E-state index contributed by atoms with van der Waals surface area (Å²) in [4.78, 5) is 0. The lowest BCUT2D eigenvalue weighted by molar-refractivity contribution is -0.142. The molecule has 0 bridgehead atoms. The molecule has 0 saturated heterocycles. The zero-order valence-electron chi connectivity index (χ0n) is 17.1. The topological polar surface area (TPSA) is 0 Å². The van der Waals surface area contributed by atoms with Gasteiger partial charge in [-0.15, -0.1) is 0 Å². The monoisotopic (exact) mass is 414 g/mol. The van der Waals surface area contributed by atoms with Crippen molar-refractivity contribution < 1.29 is 22.0 Å². The van der Waals surface area contributed by atoms with Crippen LogP contribution in [-0.2, 0) is 6.18 Å². The molecule has 3 aliphatic carbocycles. The highest BCUT2D eigenvalue weighted by Gasteiger charge is 2.45. The van der Waals surface area contributed by atoms with Crippen LogP contribution in [0.2, 0.25) is 0 Å². The van der Waals surface area contributed by atoms with Gasteiger partial charge < -0.3 is 0 Å². The smallest absolute Gasteiger partial charge is 0.206 e. The van der Waals surface area contributed by atoms with E-state index in [4.69, 9.17) is 0 Å². The summed E-state index contributed by atoms with van der Waals surface area (Å²) in [7, 11) is 0. The zero-order valence-corrected chi connectivity index (χ0v) is 17.1. The number of fused-ring (bicyclic) bond motifs is 3. The van der Waals surface area contributed by atoms with Crippen LogP contribution in [-0.4, -0.2) is 0 Å². The number of alkyl halides is 3. The van der Waals surface area contributed by atoms with E-state index < -0.39 is 23.4 Å². The maximum absolute atomic E-state index is 14.1. The van der Waals surface area contributed by atoms with Crippen LogP contribution in [0, 0.1) is 41.2 Å². The molecule has 1 aromatic carbocycles. The Balaban J connectivity index is 1.46. The summed E-state index contributed by atoms with van der Waals surface area (Å²) >= 11 is 0. The van der Waals surface area contributed by atoms with E-state index >= 15 is 0 Å². The molecule has 3 fully saturated rings. The third-order valence-corrected chi connectivity index (χ3v) is 8.17. The fraction of sp³-hybridized carbons (Fsp3) is 0.750. The molecule has 0 aromatic heterocycles. The summed E-state index contributed by atoms with van der Waals surface area (Å²) in [6, 6.07) is 1.86. The van der Waals surface area contributed by atoms with E-state index in [2.05, 4.69) is 6.92 Å². The van der Waals surface area contributed by atoms with Gasteiger partial charge in [-0.25, -0.2) is 8.78 Å².